The molecular formula is C47H76O17. The zero-order valence-corrected chi connectivity index (χ0v) is 39.1. The van der Waals surface area contributed by atoms with Crippen molar-refractivity contribution in [3.63, 3.8) is 0 Å². The van der Waals surface area contributed by atoms with Gasteiger partial charge in [-0.1, -0.05) is 25.5 Å². The predicted octanol–water partition coefficient (Wildman–Crippen LogP) is 2.55. The first kappa shape index (κ1) is 49.2. The van der Waals surface area contributed by atoms with E-state index in [0.29, 0.717) is 44.9 Å². The van der Waals surface area contributed by atoms with Crippen LogP contribution in [0.1, 0.15) is 119 Å². The van der Waals surface area contributed by atoms with Gasteiger partial charge in [0.1, 0.15) is 41.4 Å². The molecule has 4 aliphatic carbocycles. The summed E-state index contributed by atoms with van der Waals surface area (Å²) in [6.45, 7) is 12.7. The first-order valence-electron chi connectivity index (χ1n) is 23.8. The van der Waals surface area contributed by atoms with Gasteiger partial charge in [0, 0.05) is 57.2 Å². The Morgan fingerprint density at radius 1 is 0.672 bits per heavy atom. The largest absolute Gasteiger partial charge is 0.392 e. The first-order valence-corrected chi connectivity index (χ1v) is 23.8. The molecule has 4 heterocycles. The Hall–Kier alpha value is -1.23. The van der Waals surface area contributed by atoms with E-state index in [1.165, 1.54) is 14.0 Å². The lowest BCUT2D eigenvalue weighted by atomic mass is 9.43. The second-order valence-corrected chi connectivity index (χ2v) is 20.9. The lowest BCUT2D eigenvalue weighted by Gasteiger charge is -2.66. The topological polar surface area (TPSA) is 231 Å². The number of hydrogen-bond acceptors (Lipinski definition) is 17. The van der Waals surface area contributed by atoms with Crippen LogP contribution < -0.4 is 0 Å². The highest BCUT2D eigenvalue weighted by atomic mass is 16.8. The number of hydrogen-bond donors (Lipinski definition) is 6. The van der Waals surface area contributed by atoms with Crippen LogP contribution in [0.3, 0.4) is 0 Å². The van der Waals surface area contributed by atoms with Gasteiger partial charge in [-0.2, -0.15) is 0 Å². The molecule has 4 saturated heterocycles. The number of methoxy groups -OCH3 is 2. The average molecular weight is 913 g/mol. The fourth-order valence-corrected chi connectivity index (χ4v) is 13.6. The number of ketones is 1. The maximum Gasteiger partial charge on any atom is 0.161 e. The van der Waals surface area contributed by atoms with Gasteiger partial charge in [-0.25, -0.2) is 0 Å². The van der Waals surface area contributed by atoms with Gasteiger partial charge in [0.15, 0.2) is 25.2 Å². The molecule has 0 aromatic carbocycles. The lowest BCUT2D eigenvalue weighted by Crippen LogP contribution is -2.75. The van der Waals surface area contributed by atoms with Crippen molar-refractivity contribution >= 4 is 5.78 Å². The number of carbonyl (C=O) groups is 1. The molecule has 0 bridgehead atoms. The number of aliphatic hydroxyl groups is 6. The van der Waals surface area contributed by atoms with E-state index in [1.807, 2.05) is 6.92 Å². The van der Waals surface area contributed by atoms with Crippen molar-refractivity contribution in [2.45, 2.75) is 241 Å². The molecule has 0 amide bonds. The van der Waals surface area contributed by atoms with Crippen LogP contribution in [-0.2, 0) is 52.2 Å². The zero-order chi connectivity index (χ0) is 46.3. The summed E-state index contributed by atoms with van der Waals surface area (Å²) in [6.07, 6.45) is -5.38. The van der Waals surface area contributed by atoms with Crippen LogP contribution in [0.25, 0.3) is 0 Å². The molecule has 6 N–H and O–H groups in total. The standard InChI is InChI=1S/C47H76O17/c1-22(48)29-12-15-47(54)45(29,7)35(51)21-34-44(6)13-11-28(16-27(44)10-14-46(34,47)53)61-38-20-33(56-9)43(26(5)60-38)64-37-18-31(50)41(24(3)59-37)62-36-17-30(49)42(25(4)58-36)63-39-19-32(55-8)40(52)23(2)57-39/h10,23-26,28-43,49-54H,11-21H2,1-9H3. The summed E-state index contributed by atoms with van der Waals surface area (Å²) >= 11 is 0. The highest BCUT2D eigenvalue weighted by Gasteiger charge is 2.76. The molecule has 64 heavy (non-hydrogen) atoms. The number of ether oxygens (including phenoxy) is 10. The third-order valence-electron chi connectivity index (χ3n) is 17.4. The molecule has 7 fully saturated rings. The minimum atomic E-state index is -1.59. The second kappa shape index (κ2) is 18.6. The third kappa shape index (κ3) is 8.40. The molecular weight excluding hydrogens is 836 g/mol. The smallest absolute Gasteiger partial charge is 0.161 e. The van der Waals surface area contributed by atoms with Crippen LogP contribution in [0.15, 0.2) is 11.6 Å². The van der Waals surface area contributed by atoms with E-state index in [-0.39, 0.29) is 43.5 Å². The molecule has 17 heteroatoms. The van der Waals surface area contributed by atoms with Crippen LogP contribution in [-0.4, -0.2) is 172 Å². The maximum atomic E-state index is 12.7. The first-order chi connectivity index (χ1) is 30.2. The van der Waals surface area contributed by atoms with E-state index in [1.54, 1.807) is 34.8 Å². The van der Waals surface area contributed by atoms with Crippen LogP contribution in [0.5, 0.6) is 0 Å². The molecule has 0 aromatic heterocycles. The Labute approximate surface area is 377 Å². The monoisotopic (exact) mass is 913 g/mol. The maximum absolute atomic E-state index is 12.7. The molecule has 0 spiro atoms. The molecule has 24 unspecified atom stereocenters. The number of carbonyl (C=O) groups excluding carboxylic acids is 1. The number of rotatable bonds is 11. The molecule has 3 saturated carbocycles. The van der Waals surface area contributed by atoms with Gasteiger partial charge in [0.2, 0.25) is 0 Å². The van der Waals surface area contributed by atoms with E-state index in [0.717, 1.165) is 5.57 Å². The number of fused-ring (bicyclic) bond motifs is 5. The summed E-state index contributed by atoms with van der Waals surface area (Å²) < 4.78 is 61.5. The van der Waals surface area contributed by atoms with E-state index < -0.39 is 132 Å². The summed E-state index contributed by atoms with van der Waals surface area (Å²) in [6, 6.07) is 0. The van der Waals surface area contributed by atoms with Crippen molar-refractivity contribution in [3.05, 3.63) is 11.6 Å². The van der Waals surface area contributed by atoms with Gasteiger partial charge in [-0.05, 0) is 85.0 Å². The Bertz CT molecular complexity index is 1660. The lowest BCUT2D eigenvalue weighted by molar-refractivity contribution is -0.345. The van der Waals surface area contributed by atoms with Crippen molar-refractivity contribution < 1.29 is 82.8 Å². The molecule has 24 atom stereocenters. The Morgan fingerprint density at radius 3 is 1.75 bits per heavy atom. The molecule has 0 radical (unpaired) electrons. The van der Waals surface area contributed by atoms with E-state index in [2.05, 4.69) is 13.0 Å². The van der Waals surface area contributed by atoms with Crippen LogP contribution in [0.2, 0.25) is 0 Å². The van der Waals surface area contributed by atoms with Gasteiger partial charge >= 0.3 is 0 Å². The summed E-state index contributed by atoms with van der Waals surface area (Å²) in [4.78, 5) is 12.7. The molecule has 8 rings (SSSR count). The second-order valence-electron chi connectivity index (χ2n) is 20.9. The van der Waals surface area contributed by atoms with Gasteiger partial charge in [0.25, 0.3) is 0 Å². The Kier molecular flexibility index (Phi) is 14.3. The van der Waals surface area contributed by atoms with Gasteiger partial charge in [0.05, 0.1) is 61.0 Å². The minimum Gasteiger partial charge on any atom is -0.392 e. The average Bonchev–Trinajstić information content (AvgIpc) is 3.53. The molecule has 0 aromatic rings. The van der Waals surface area contributed by atoms with Crippen LogP contribution in [0.4, 0.5) is 0 Å². The van der Waals surface area contributed by atoms with Crippen LogP contribution in [0, 0.1) is 22.7 Å². The summed E-state index contributed by atoms with van der Waals surface area (Å²) in [7, 11) is 3.15. The third-order valence-corrected chi connectivity index (χ3v) is 17.4. The van der Waals surface area contributed by atoms with Gasteiger partial charge < -0.3 is 78.0 Å². The fraction of sp³-hybridized carbons (Fsp3) is 0.936. The van der Waals surface area contributed by atoms with Crippen molar-refractivity contribution in [3.8, 4) is 0 Å². The fourth-order valence-electron chi connectivity index (χ4n) is 13.6. The highest BCUT2D eigenvalue weighted by Crippen LogP contribution is 2.69. The minimum absolute atomic E-state index is 0.0604. The summed E-state index contributed by atoms with van der Waals surface area (Å²) in [5, 5.41) is 69.3. The molecule has 366 valence electrons. The van der Waals surface area contributed by atoms with Crippen molar-refractivity contribution in [2.75, 3.05) is 14.2 Å². The van der Waals surface area contributed by atoms with Crippen molar-refractivity contribution in [1.82, 2.24) is 0 Å². The van der Waals surface area contributed by atoms with Gasteiger partial charge in [-0.3, -0.25) is 4.79 Å². The SMILES string of the molecule is COC1CC(OC2C(O)CC(OC3C(O)CC(OC4C(C)OC(OC5CCC6(C)C(=CCC7(O)C6CC(O)C6(C)C(C(C)=O)CCC76O)C5)CC4OC)OC3C)OC2C)OC(C)C1O. The normalized spacial score (nSPS) is 54.3. The van der Waals surface area contributed by atoms with E-state index >= 15 is 0 Å². The Balaban J connectivity index is 0.826. The molecule has 17 nitrogen and oxygen atoms in total. The quantitative estimate of drug-likeness (QED) is 0.164. The highest BCUT2D eigenvalue weighted by molar-refractivity contribution is 5.80. The predicted molar refractivity (Wildman–Crippen MR) is 225 cm³/mol. The number of Topliss-reactive ketones (excluding diaryl/α,β-unsaturated/α-hetero) is 1. The molecule has 4 aliphatic heterocycles. The van der Waals surface area contributed by atoms with Crippen LogP contribution >= 0.6 is 0 Å². The Morgan fingerprint density at radius 2 is 1.19 bits per heavy atom. The summed E-state index contributed by atoms with van der Waals surface area (Å²) in [5.41, 5.74) is -3.50. The summed E-state index contributed by atoms with van der Waals surface area (Å²) in [5.74, 6) is -0.952. The van der Waals surface area contributed by atoms with E-state index in [4.69, 9.17) is 47.4 Å². The van der Waals surface area contributed by atoms with Crippen molar-refractivity contribution in [1.29, 1.82) is 0 Å². The number of aliphatic hydroxyl groups excluding tert-OH is 4. The van der Waals surface area contributed by atoms with Gasteiger partial charge in [-0.15, -0.1) is 0 Å². The van der Waals surface area contributed by atoms with E-state index in [9.17, 15) is 35.4 Å². The van der Waals surface area contributed by atoms with Crippen molar-refractivity contribution in [2.24, 2.45) is 22.7 Å². The molecule has 8 aliphatic rings. The zero-order valence-electron chi connectivity index (χ0n) is 39.1.